The van der Waals surface area contributed by atoms with E-state index >= 15 is 0 Å². The van der Waals surface area contributed by atoms with Gasteiger partial charge in [0.1, 0.15) is 5.60 Å². The second kappa shape index (κ2) is 8.52. The Morgan fingerprint density at radius 3 is 2.61 bits per heavy atom. The third-order valence-corrected chi connectivity index (χ3v) is 3.69. The van der Waals surface area contributed by atoms with Crippen molar-refractivity contribution in [2.45, 2.75) is 51.9 Å². The Hall–Kier alpha value is -1.30. The molecule has 5 nitrogen and oxygen atoms in total. The number of hydrogen-bond acceptors (Lipinski definition) is 4. The van der Waals surface area contributed by atoms with Crippen molar-refractivity contribution in [1.82, 2.24) is 10.2 Å². The van der Waals surface area contributed by atoms with Crippen LogP contribution in [0.2, 0.25) is 5.02 Å². The number of nitrogens with one attached hydrogen (secondary N) is 1. The van der Waals surface area contributed by atoms with E-state index in [-0.39, 0.29) is 12.1 Å². The normalized spacial score (nSPS) is 14.4. The number of likely N-dealkylation sites (N-methyl/N-ethyl adjacent to an activating group) is 1. The molecule has 0 heterocycles. The average molecular weight is 342 g/mol. The zero-order valence-electron chi connectivity index (χ0n) is 14.6. The molecule has 130 valence electrons. The predicted octanol–water partition coefficient (Wildman–Crippen LogP) is 3.01. The first-order valence-electron chi connectivity index (χ1n) is 7.76. The van der Waals surface area contributed by atoms with Gasteiger partial charge >= 0.3 is 6.09 Å². The van der Waals surface area contributed by atoms with E-state index in [0.29, 0.717) is 18.1 Å². The lowest BCUT2D eigenvalue weighted by Gasteiger charge is -2.33. The largest absolute Gasteiger partial charge is 0.444 e. The van der Waals surface area contributed by atoms with Gasteiger partial charge in [-0.1, -0.05) is 23.7 Å². The molecule has 1 amide bonds. The zero-order chi connectivity index (χ0) is 17.6. The van der Waals surface area contributed by atoms with Crippen LogP contribution in [0.15, 0.2) is 24.3 Å². The second-order valence-electron chi connectivity index (χ2n) is 6.78. The minimum Gasteiger partial charge on any atom is -0.444 e. The number of nitrogens with zero attached hydrogens (tertiary/aromatic N) is 1. The molecule has 0 spiro atoms. The summed E-state index contributed by atoms with van der Waals surface area (Å²) in [5.74, 6) is 0. The third kappa shape index (κ3) is 7.20. The van der Waals surface area contributed by atoms with Gasteiger partial charge in [-0.15, -0.1) is 0 Å². The summed E-state index contributed by atoms with van der Waals surface area (Å²) in [6, 6.07) is 7.56. The van der Waals surface area contributed by atoms with E-state index in [9.17, 15) is 4.79 Å². The lowest BCUT2D eigenvalue weighted by atomic mass is 10.1. The van der Waals surface area contributed by atoms with Gasteiger partial charge < -0.3 is 15.8 Å². The Balaban J connectivity index is 2.65. The van der Waals surface area contributed by atoms with Gasteiger partial charge in [-0.2, -0.15) is 0 Å². The minimum absolute atomic E-state index is 0.0125. The summed E-state index contributed by atoms with van der Waals surface area (Å²) < 4.78 is 5.29. The van der Waals surface area contributed by atoms with E-state index < -0.39 is 11.7 Å². The number of ether oxygens (including phenoxy) is 1. The van der Waals surface area contributed by atoms with Gasteiger partial charge in [0.05, 0.1) is 0 Å². The summed E-state index contributed by atoms with van der Waals surface area (Å²) in [4.78, 5) is 14.0. The fourth-order valence-corrected chi connectivity index (χ4v) is 2.61. The van der Waals surface area contributed by atoms with Gasteiger partial charge in [0.2, 0.25) is 0 Å². The van der Waals surface area contributed by atoms with Gasteiger partial charge in [-0.3, -0.25) is 4.90 Å². The van der Waals surface area contributed by atoms with Crippen molar-refractivity contribution in [1.29, 1.82) is 0 Å². The summed E-state index contributed by atoms with van der Waals surface area (Å²) in [7, 11) is 1.98. The van der Waals surface area contributed by atoms with E-state index in [2.05, 4.69) is 10.2 Å². The number of carbonyl (C=O) groups is 1. The smallest absolute Gasteiger partial charge is 0.407 e. The molecular formula is C17H28ClN3O2. The minimum atomic E-state index is -0.519. The molecule has 0 saturated carbocycles. The number of rotatable bonds is 6. The molecule has 0 saturated heterocycles. The van der Waals surface area contributed by atoms with Crippen molar-refractivity contribution >= 4 is 17.7 Å². The molecule has 1 aromatic carbocycles. The summed E-state index contributed by atoms with van der Waals surface area (Å²) >= 11 is 6.02. The maximum Gasteiger partial charge on any atom is 0.407 e. The summed E-state index contributed by atoms with van der Waals surface area (Å²) in [6.45, 7) is 8.56. The van der Waals surface area contributed by atoms with Crippen LogP contribution in [0.1, 0.15) is 33.3 Å². The number of alkyl carbamates (subject to hydrolysis) is 1. The van der Waals surface area contributed by atoms with Crippen molar-refractivity contribution in [3.05, 3.63) is 34.9 Å². The summed E-state index contributed by atoms with van der Waals surface area (Å²) in [5, 5.41) is 3.57. The fraction of sp³-hybridized carbons (Fsp3) is 0.588. The molecule has 2 unspecified atom stereocenters. The quantitative estimate of drug-likeness (QED) is 0.834. The van der Waals surface area contributed by atoms with E-state index in [1.54, 1.807) is 0 Å². The van der Waals surface area contributed by atoms with Crippen molar-refractivity contribution in [3.63, 3.8) is 0 Å². The molecule has 0 aliphatic carbocycles. The Bertz CT molecular complexity index is 517. The molecule has 0 radical (unpaired) electrons. The van der Waals surface area contributed by atoms with Crippen LogP contribution in [0, 0.1) is 0 Å². The van der Waals surface area contributed by atoms with Crippen LogP contribution in [-0.2, 0) is 11.3 Å². The summed E-state index contributed by atoms with van der Waals surface area (Å²) in [5.41, 5.74) is 6.48. The van der Waals surface area contributed by atoms with Crippen LogP contribution in [0.3, 0.4) is 0 Å². The highest BCUT2D eigenvalue weighted by molar-refractivity contribution is 6.30. The monoisotopic (exact) mass is 341 g/mol. The van der Waals surface area contributed by atoms with Crippen LogP contribution in [0.4, 0.5) is 4.79 Å². The fourth-order valence-electron chi connectivity index (χ4n) is 2.40. The zero-order valence-corrected chi connectivity index (χ0v) is 15.4. The third-order valence-electron chi connectivity index (χ3n) is 3.45. The van der Waals surface area contributed by atoms with Crippen molar-refractivity contribution in [3.8, 4) is 0 Å². The van der Waals surface area contributed by atoms with Crippen molar-refractivity contribution < 1.29 is 9.53 Å². The number of carbonyl (C=O) groups excluding carboxylic acids is 1. The van der Waals surface area contributed by atoms with Crippen LogP contribution in [0.25, 0.3) is 0 Å². The molecular weight excluding hydrogens is 314 g/mol. The molecule has 23 heavy (non-hydrogen) atoms. The maximum atomic E-state index is 11.9. The van der Waals surface area contributed by atoms with Gasteiger partial charge in [0.25, 0.3) is 0 Å². The number of benzene rings is 1. The molecule has 2 atom stereocenters. The topological polar surface area (TPSA) is 67.6 Å². The molecule has 3 N–H and O–H groups in total. The predicted molar refractivity (Wildman–Crippen MR) is 94.6 cm³/mol. The van der Waals surface area contributed by atoms with Crippen molar-refractivity contribution in [2.24, 2.45) is 5.73 Å². The average Bonchev–Trinajstić information content (AvgIpc) is 2.36. The van der Waals surface area contributed by atoms with E-state index in [1.807, 2.05) is 59.0 Å². The molecule has 1 rings (SSSR count). The molecule has 0 bridgehead atoms. The Labute approximate surface area is 144 Å². The van der Waals surface area contributed by atoms with E-state index in [0.717, 1.165) is 5.56 Å². The molecule has 0 fully saturated rings. The number of hydrogen-bond donors (Lipinski definition) is 2. The second-order valence-corrected chi connectivity index (χ2v) is 7.22. The highest BCUT2D eigenvalue weighted by atomic mass is 35.5. The highest BCUT2D eigenvalue weighted by Gasteiger charge is 2.24. The summed E-state index contributed by atoms with van der Waals surface area (Å²) in [6.07, 6.45) is -0.431. The number of nitrogens with two attached hydrogens (primary N) is 1. The van der Waals surface area contributed by atoms with Gasteiger partial charge in [0, 0.05) is 30.2 Å². The molecule has 0 aromatic heterocycles. The highest BCUT2D eigenvalue weighted by Crippen LogP contribution is 2.14. The van der Waals surface area contributed by atoms with Crippen LogP contribution < -0.4 is 11.1 Å². The lowest BCUT2D eigenvalue weighted by Crippen LogP contribution is -2.53. The molecule has 6 heteroatoms. The van der Waals surface area contributed by atoms with Crippen LogP contribution in [0.5, 0.6) is 0 Å². The van der Waals surface area contributed by atoms with Crippen molar-refractivity contribution in [2.75, 3.05) is 13.6 Å². The first kappa shape index (κ1) is 19.7. The van der Waals surface area contributed by atoms with Gasteiger partial charge in [-0.25, -0.2) is 4.79 Å². The molecule has 0 aliphatic rings. The standard InChI is InChI=1S/C17H28ClN3O2/c1-12(20-16(22)23-17(2,3)4)15(10-19)21(5)11-13-7-6-8-14(18)9-13/h6-9,12,15H,10-11,19H2,1-5H3,(H,20,22). The number of halogens is 1. The van der Waals surface area contributed by atoms with E-state index in [4.69, 9.17) is 22.1 Å². The maximum absolute atomic E-state index is 11.9. The SMILES string of the molecule is CC(NC(=O)OC(C)(C)C)C(CN)N(C)Cc1cccc(Cl)c1. The first-order valence-corrected chi connectivity index (χ1v) is 8.14. The Kier molecular flexibility index (Phi) is 7.32. The van der Waals surface area contributed by atoms with Gasteiger partial charge in [-0.05, 0) is 52.4 Å². The van der Waals surface area contributed by atoms with Crippen LogP contribution in [-0.4, -0.2) is 42.3 Å². The van der Waals surface area contributed by atoms with Gasteiger partial charge in [0.15, 0.2) is 0 Å². The van der Waals surface area contributed by atoms with E-state index in [1.165, 1.54) is 0 Å². The number of amides is 1. The molecule has 1 aromatic rings. The molecule has 0 aliphatic heterocycles. The van der Waals surface area contributed by atoms with Crippen LogP contribution >= 0.6 is 11.6 Å². The lowest BCUT2D eigenvalue weighted by molar-refractivity contribution is 0.0476. The Morgan fingerprint density at radius 1 is 1.43 bits per heavy atom. The Morgan fingerprint density at radius 2 is 2.09 bits per heavy atom. The first-order chi connectivity index (χ1) is 10.6.